The minimum atomic E-state index is -0.604. The van der Waals surface area contributed by atoms with Crippen molar-refractivity contribution >= 4 is 52.7 Å². The first-order valence-electron chi connectivity index (χ1n) is 9.27. The average Bonchev–Trinajstić information content (AvgIpc) is 3.07. The molecule has 1 fully saturated rings. The standard InChI is InChI=1S/C21H22Cl2N2O3S/c1-3-16(11-28-21(27)24-15-8-9-17(22)18(23)10-15)25-19(26)12-29-20(25)14-6-4-13(2)5-7-14/h4-10,16,20H,3,11-12H2,1-2H3,(H,24,27)/t16-,20+/m1/s1. The van der Waals surface area contributed by atoms with Crippen molar-refractivity contribution in [2.24, 2.45) is 0 Å². The normalized spacial score (nSPS) is 17.3. The zero-order chi connectivity index (χ0) is 21.0. The van der Waals surface area contributed by atoms with Gasteiger partial charge < -0.3 is 9.64 Å². The number of carbonyl (C=O) groups excluding carboxylic acids is 2. The van der Waals surface area contributed by atoms with E-state index in [-0.39, 0.29) is 23.9 Å². The third-order valence-electron chi connectivity index (χ3n) is 4.71. The molecule has 2 atom stereocenters. The van der Waals surface area contributed by atoms with Crippen molar-refractivity contribution in [2.45, 2.75) is 31.7 Å². The third-order valence-corrected chi connectivity index (χ3v) is 6.67. The highest BCUT2D eigenvalue weighted by Crippen LogP contribution is 2.40. The zero-order valence-corrected chi connectivity index (χ0v) is 18.5. The van der Waals surface area contributed by atoms with E-state index < -0.39 is 6.09 Å². The number of halogens is 2. The van der Waals surface area contributed by atoms with Crippen LogP contribution in [0.4, 0.5) is 10.5 Å². The number of rotatable bonds is 6. The molecule has 154 valence electrons. The van der Waals surface area contributed by atoms with Gasteiger partial charge in [-0.25, -0.2) is 4.79 Å². The van der Waals surface area contributed by atoms with Crippen molar-refractivity contribution in [1.82, 2.24) is 4.90 Å². The summed E-state index contributed by atoms with van der Waals surface area (Å²) >= 11 is 13.4. The number of hydrogen-bond donors (Lipinski definition) is 1. The number of nitrogens with one attached hydrogen (secondary N) is 1. The van der Waals surface area contributed by atoms with Gasteiger partial charge in [0.05, 0.1) is 21.8 Å². The lowest BCUT2D eigenvalue weighted by Gasteiger charge is -2.32. The van der Waals surface area contributed by atoms with Gasteiger partial charge in [-0.05, 0) is 37.1 Å². The Morgan fingerprint density at radius 2 is 1.97 bits per heavy atom. The summed E-state index contributed by atoms with van der Waals surface area (Å²) in [5.41, 5.74) is 2.73. The van der Waals surface area contributed by atoms with E-state index in [0.29, 0.717) is 27.9 Å². The first kappa shape index (κ1) is 21.8. The SMILES string of the molecule is CC[C@H](COC(=O)Nc1ccc(Cl)c(Cl)c1)N1C(=O)CS[C@H]1c1ccc(C)cc1. The quantitative estimate of drug-likeness (QED) is 0.592. The molecule has 8 heteroatoms. The maximum Gasteiger partial charge on any atom is 0.411 e. The number of nitrogens with zero attached hydrogens (tertiary/aromatic N) is 1. The van der Waals surface area contributed by atoms with Crippen molar-refractivity contribution in [3.8, 4) is 0 Å². The van der Waals surface area contributed by atoms with Crippen LogP contribution in [0.2, 0.25) is 10.0 Å². The third kappa shape index (κ3) is 5.38. The molecule has 0 radical (unpaired) electrons. The molecule has 2 aromatic rings. The summed E-state index contributed by atoms with van der Waals surface area (Å²) in [6, 6.07) is 12.8. The van der Waals surface area contributed by atoms with Gasteiger partial charge in [-0.1, -0.05) is 60.0 Å². The lowest BCUT2D eigenvalue weighted by Crippen LogP contribution is -2.41. The summed E-state index contributed by atoms with van der Waals surface area (Å²) in [4.78, 5) is 26.6. The minimum absolute atomic E-state index is 0.0564. The van der Waals surface area contributed by atoms with Crippen LogP contribution in [0.5, 0.6) is 0 Å². The number of aryl methyl sites for hydroxylation is 1. The maximum absolute atomic E-state index is 12.6. The lowest BCUT2D eigenvalue weighted by molar-refractivity contribution is -0.131. The topological polar surface area (TPSA) is 58.6 Å². The second-order valence-electron chi connectivity index (χ2n) is 6.79. The van der Waals surface area contributed by atoms with Crippen LogP contribution in [0.25, 0.3) is 0 Å². The fourth-order valence-electron chi connectivity index (χ4n) is 3.11. The molecule has 29 heavy (non-hydrogen) atoms. The molecule has 1 heterocycles. The van der Waals surface area contributed by atoms with Crippen molar-refractivity contribution in [3.05, 3.63) is 63.6 Å². The second kappa shape index (κ2) is 9.74. The van der Waals surface area contributed by atoms with E-state index in [0.717, 1.165) is 5.56 Å². The van der Waals surface area contributed by atoms with E-state index in [4.69, 9.17) is 27.9 Å². The molecule has 2 aromatic carbocycles. The summed E-state index contributed by atoms with van der Waals surface area (Å²) in [7, 11) is 0. The molecule has 0 aromatic heterocycles. The van der Waals surface area contributed by atoms with Gasteiger partial charge in [-0.2, -0.15) is 0 Å². The molecule has 0 bridgehead atoms. The highest BCUT2D eigenvalue weighted by atomic mass is 35.5. The summed E-state index contributed by atoms with van der Waals surface area (Å²) in [6.45, 7) is 4.12. The fraction of sp³-hybridized carbons (Fsp3) is 0.333. The van der Waals surface area contributed by atoms with Gasteiger partial charge in [-0.3, -0.25) is 10.1 Å². The van der Waals surface area contributed by atoms with E-state index in [2.05, 4.69) is 5.32 Å². The van der Waals surface area contributed by atoms with Crippen LogP contribution in [0.15, 0.2) is 42.5 Å². The largest absolute Gasteiger partial charge is 0.447 e. The monoisotopic (exact) mass is 452 g/mol. The molecule has 1 N–H and O–H groups in total. The summed E-state index contributed by atoms with van der Waals surface area (Å²) < 4.78 is 5.40. The molecule has 1 saturated heterocycles. The number of carbonyl (C=O) groups is 2. The number of benzene rings is 2. The Morgan fingerprint density at radius 1 is 1.24 bits per heavy atom. The Bertz CT molecular complexity index is 892. The average molecular weight is 453 g/mol. The van der Waals surface area contributed by atoms with Crippen LogP contribution in [-0.4, -0.2) is 35.3 Å². The summed E-state index contributed by atoms with van der Waals surface area (Å²) in [5.74, 6) is 0.478. The molecule has 2 amide bonds. The molecule has 0 aliphatic carbocycles. The van der Waals surface area contributed by atoms with E-state index >= 15 is 0 Å². The Morgan fingerprint density at radius 3 is 2.62 bits per heavy atom. The van der Waals surface area contributed by atoms with E-state index in [9.17, 15) is 9.59 Å². The molecular weight excluding hydrogens is 431 g/mol. The number of hydrogen-bond acceptors (Lipinski definition) is 4. The Hall–Kier alpha value is -1.89. The lowest BCUT2D eigenvalue weighted by atomic mass is 10.1. The molecular formula is C21H22Cl2N2O3S. The summed E-state index contributed by atoms with van der Waals surface area (Å²) in [5, 5.41) is 3.30. The zero-order valence-electron chi connectivity index (χ0n) is 16.2. The smallest absolute Gasteiger partial charge is 0.411 e. The molecule has 0 saturated carbocycles. The molecule has 1 aliphatic heterocycles. The van der Waals surface area contributed by atoms with E-state index in [1.54, 1.807) is 30.0 Å². The van der Waals surface area contributed by atoms with Gasteiger partial charge >= 0.3 is 6.09 Å². The first-order chi connectivity index (χ1) is 13.9. The molecule has 1 aliphatic rings. The van der Waals surface area contributed by atoms with Gasteiger partial charge in [0.25, 0.3) is 0 Å². The van der Waals surface area contributed by atoms with Gasteiger partial charge in [0, 0.05) is 5.69 Å². The van der Waals surface area contributed by atoms with Crippen LogP contribution in [0, 0.1) is 6.92 Å². The predicted octanol–water partition coefficient (Wildman–Crippen LogP) is 5.90. The van der Waals surface area contributed by atoms with Crippen LogP contribution < -0.4 is 5.32 Å². The van der Waals surface area contributed by atoms with Crippen molar-refractivity contribution in [3.63, 3.8) is 0 Å². The maximum atomic E-state index is 12.6. The minimum Gasteiger partial charge on any atom is -0.447 e. The Balaban J connectivity index is 1.64. The fourth-order valence-corrected chi connectivity index (χ4v) is 4.66. The number of amides is 2. The first-order valence-corrected chi connectivity index (χ1v) is 11.1. The van der Waals surface area contributed by atoms with Crippen LogP contribution in [-0.2, 0) is 9.53 Å². The van der Waals surface area contributed by atoms with E-state index in [1.807, 2.05) is 43.0 Å². The van der Waals surface area contributed by atoms with Crippen molar-refractivity contribution in [1.29, 1.82) is 0 Å². The highest BCUT2D eigenvalue weighted by molar-refractivity contribution is 8.00. The van der Waals surface area contributed by atoms with Crippen molar-refractivity contribution in [2.75, 3.05) is 17.7 Å². The van der Waals surface area contributed by atoms with Gasteiger partial charge in [-0.15, -0.1) is 11.8 Å². The second-order valence-corrected chi connectivity index (χ2v) is 8.67. The van der Waals surface area contributed by atoms with Gasteiger partial charge in [0.1, 0.15) is 12.0 Å². The molecule has 0 spiro atoms. The van der Waals surface area contributed by atoms with Crippen LogP contribution >= 0.6 is 35.0 Å². The molecule has 3 rings (SSSR count). The molecule has 0 unspecified atom stereocenters. The number of anilines is 1. The Kier molecular flexibility index (Phi) is 7.33. The predicted molar refractivity (Wildman–Crippen MR) is 119 cm³/mol. The number of ether oxygens (including phenoxy) is 1. The number of thioether (sulfide) groups is 1. The highest BCUT2D eigenvalue weighted by Gasteiger charge is 2.37. The van der Waals surface area contributed by atoms with Gasteiger partial charge in [0.15, 0.2) is 0 Å². The van der Waals surface area contributed by atoms with Crippen LogP contribution in [0.3, 0.4) is 0 Å². The van der Waals surface area contributed by atoms with Crippen molar-refractivity contribution < 1.29 is 14.3 Å². The van der Waals surface area contributed by atoms with Gasteiger partial charge in [0.2, 0.25) is 5.91 Å². The summed E-state index contributed by atoms with van der Waals surface area (Å²) in [6.07, 6.45) is 0.0716. The Labute approximate surface area is 184 Å². The molecule has 5 nitrogen and oxygen atoms in total. The van der Waals surface area contributed by atoms with E-state index in [1.165, 1.54) is 5.56 Å². The van der Waals surface area contributed by atoms with Crippen LogP contribution in [0.1, 0.15) is 29.8 Å².